The lowest BCUT2D eigenvalue weighted by Crippen LogP contribution is -2.24. The van der Waals surface area contributed by atoms with E-state index in [1.165, 1.54) is 6.33 Å². The second-order valence-electron chi connectivity index (χ2n) is 5.01. The molecule has 9 heteroatoms. The van der Waals surface area contributed by atoms with E-state index in [1.807, 2.05) is 6.07 Å². The molecule has 2 N–H and O–H groups in total. The van der Waals surface area contributed by atoms with E-state index >= 15 is 0 Å². The Morgan fingerprint density at radius 2 is 2.25 bits per heavy atom. The van der Waals surface area contributed by atoms with Gasteiger partial charge in [-0.25, -0.2) is 19.6 Å². The number of nitrogens with one attached hydrogen (secondary N) is 2. The fourth-order valence-corrected chi connectivity index (χ4v) is 2.31. The number of pyridine rings is 2. The van der Waals surface area contributed by atoms with Gasteiger partial charge < -0.3 is 5.32 Å². The molecule has 0 saturated carbocycles. The van der Waals surface area contributed by atoms with Crippen molar-refractivity contribution in [3.63, 3.8) is 0 Å². The molecular weight excluding hydrogens is 308 g/mol. The van der Waals surface area contributed by atoms with Crippen LogP contribution in [0.3, 0.4) is 0 Å². The number of H-pyrrole nitrogens is 1. The van der Waals surface area contributed by atoms with Crippen LogP contribution < -0.4 is 5.32 Å². The quantitative estimate of drug-likeness (QED) is 0.576. The van der Waals surface area contributed by atoms with E-state index in [1.54, 1.807) is 41.6 Å². The van der Waals surface area contributed by atoms with Gasteiger partial charge in [-0.1, -0.05) is 6.07 Å². The van der Waals surface area contributed by atoms with Crippen molar-refractivity contribution in [2.45, 2.75) is 6.54 Å². The molecule has 0 radical (unpaired) electrons. The lowest BCUT2D eigenvalue weighted by Gasteiger charge is -2.09. The molecule has 4 rings (SSSR count). The van der Waals surface area contributed by atoms with Gasteiger partial charge in [-0.2, -0.15) is 10.2 Å². The molecule has 4 heterocycles. The van der Waals surface area contributed by atoms with Gasteiger partial charge in [0.1, 0.15) is 18.3 Å². The SMILES string of the molecule is O=C(NCc1cccnc1-n1cncn1)c1ccc2cn[nH]c2n1. The number of aromatic nitrogens is 7. The molecule has 0 aliphatic heterocycles. The van der Waals surface area contributed by atoms with Crippen molar-refractivity contribution in [3.8, 4) is 5.82 Å². The monoisotopic (exact) mass is 320 g/mol. The minimum Gasteiger partial charge on any atom is -0.346 e. The number of carbonyl (C=O) groups is 1. The predicted octanol–water partition coefficient (Wildman–Crippen LogP) is 0.864. The van der Waals surface area contributed by atoms with Crippen LogP contribution in [0.4, 0.5) is 0 Å². The average Bonchev–Trinajstić information content (AvgIpc) is 3.30. The Morgan fingerprint density at radius 3 is 3.12 bits per heavy atom. The van der Waals surface area contributed by atoms with Crippen molar-refractivity contribution < 1.29 is 4.79 Å². The summed E-state index contributed by atoms with van der Waals surface area (Å²) >= 11 is 0. The Morgan fingerprint density at radius 1 is 1.29 bits per heavy atom. The zero-order valence-electron chi connectivity index (χ0n) is 12.4. The first-order valence-corrected chi connectivity index (χ1v) is 7.18. The molecule has 0 unspecified atom stereocenters. The normalized spacial score (nSPS) is 10.8. The zero-order valence-corrected chi connectivity index (χ0v) is 12.4. The number of rotatable bonds is 4. The van der Waals surface area contributed by atoms with Crippen LogP contribution >= 0.6 is 0 Å². The number of fused-ring (bicyclic) bond motifs is 1. The van der Waals surface area contributed by atoms with Gasteiger partial charge in [0.05, 0.1) is 6.20 Å². The van der Waals surface area contributed by atoms with Crippen molar-refractivity contribution in [2.24, 2.45) is 0 Å². The van der Waals surface area contributed by atoms with E-state index in [0.29, 0.717) is 23.7 Å². The Bertz CT molecular complexity index is 992. The molecule has 0 aliphatic rings. The second-order valence-corrected chi connectivity index (χ2v) is 5.01. The lowest BCUT2D eigenvalue weighted by atomic mass is 10.2. The van der Waals surface area contributed by atoms with Gasteiger partial charge in [0, 0.05) is 23.7 Å². The highest BCUT2D eigenvalue weighted by Gasteiger charge is 2.11. The summed E-state index contributed by atoms with van der Waals surface area (Å²) in [5.41, 5.74) is 1.71. The molecule has 0 aliphatic carbocycles. The van der Waals surface area contributed by atoms with Crippen LogP contribution in [-0.4, -0.2) is 40.8 Å². The highest BCUT2D eigenvalue weighted by atomic mass is 16.1. The first-order chi connectivity index (χ1) is 11.8. The molecule has 0 saturated heterocycles. The fraction of sp³-hybridized carbons (Fsp3) is 0.0667. The third-order valence-corrected chi connectivity index (χ3v) is 3.48. The van der Waals surface area contributed by atoms with Crippen LogP contribution in [0.15, 0.2) is 49.3 Å². The van der Waals surface area contributed by atoms with E-state index in [4.69, 9.17) is 0 Å². The molecule has 9 nitrogen and oxygen atoms in total. The van der Waals surface area contributed by atoms with Crippen LogP contribution in [0.25, 0.3) is 16.9 Å². The first kappa shape index (κ1) is 14.0. The van der Waals surface area contributed by atoms with E-state index < -0.39 is 0 Å². The van der Waals surface area contributed by atoms with E-state index in [9.17, 15) is 4.79 Å². The summed E-state index contributed by atoms with van der Waals surface area (Å²) in [6, 6.07) is 7.13. The summed E-state index contributed by atoms with van der Waals surface area (Å²) in [5, 5.41) is 14.4. The van der Waals surface area contributed by atoms with Crippen LogP contribution in [0.1, 0.15) is 16.1 Å². The average molecular weight is 320 g/mol. The fourth-order valence-electron chi connectivity index (χ4n) is 2.31. The van der Waals surface area contributed by atoms with Crippen molar-refractivity contribution in [1.29, 1.82) is 0 Å². The number of carbonyl (C=O) groups excluding carboxylic acids is 1. The Labute approximate surface area is 135 Å². The smallest absolute Gasteiger partial charge is 0.270 e. The standard InChI is InChI=1S/C15H12N8O/c24-15(12-4-3-10-7-19-22-13(10)21-12)18-6-11-2-1-5-17-14(11)23-9-16-8-20-23/h1-5,7-9H,6H2,(H,18,24)(H,19,21,22). The van der Waals surface area contributed by atoms with Gasteiger partial charge >= 0.3 is 0 Å². The number of nitrogens with zero attached hydrogens (tertiary/aromatic N) is 6. The van der Waals surface area contributed by atoms with Crippen molar-refractivity contribution in [3.05, 3.63) is 60.6 Å². The highest BCUT2D eigenvalue weighted by Crippen LogP contribution is 2.11. The molecule has 118 valence electrons. The maximum Gasteiger partial charge on any atom is 0.270 e. The highest BCUT2D eigenvalue weighted by molar-refractivity contribution is 5.94. The van der Waals surface area contributed by atoms with E-state index in [2.05, 4.69) is 35.6 Å². The zero-order chi connectivity index (χ0) is 16.4. The molecule has 24 heavy (non-hydrogen) atoms. The van der Waals surface area contributed by atoms with Crippen LogP contribution in [0, 0.1) is 0 Å². The third-order valence-electron chi connectivity index (χ3n) is 3.48. The van der Waals surface area contributed by atoms with Crippen molar-refractivity contribution >= 4 is 16.9 Å². The molecule has 0 spiro atoms. The molecule has 0 fully saturated rings. The molecule has 0 aromatic carbocycles. The molecule has 4 aromatic heterocycles. The van der Waals surface area contributed by atoms with E-state index in [-0.39, 0.29) is 5.91 Å². The topological polar surface area (TPSA) is 114 Å². The van der Waals surface area contributed by atoms with Gasteiger partial charge in [-0.05, 0) is 18.2 Å². The van der Waals surface area contributed by atoms with Crippen LogP contribution in [0.5, 0.6) is 0 Å². The molecule has 1 amide bonds. The van der Waals surface area contributed by atoms with Gasteiger partial charge in [0.15, 0.2) is 11.5 Å². The van der Waals surface area contributed by atoms with Gasteiger partial charge in [0.25, 0.3) is 5.91 Å². The third kappa shape index (κ3) is 2.58. The number of hydrogen-bond acceptors (Lipinski definition) is 6. The summed E-state index contributed by atoms with van der Waals surface area (Å²) < 4.78 is 1.55. The Kier molecular flexibility index (Phi) is 3.43. The summed E-state index contributed by atoms with van der Waals surface area (Å²) in [7, 11) is 0. The summed E-state index contributed by atoms with van der Waals surface area (Å²) in [6.07, 6.45) is 6.31. The maximum atomic E-state index is 12.3. The van der Waals surface area contributed by atoms with Gasteiger partial charge in [-0.15, -0.1) is 0 Å². The summed E-state index contributed by atoms with van der Waals surface area (Å²) in [6.45, 7) is 0.296. The van der Waals surface area contributed by atoms with Gasteiger partial charge in [0.2, 0.25) is 0 Å². The Hall–Kier alpha value is -3.62. The maximum absolute atomic E-state index is 12.3. The molecule has 4 aromatic rings. The minimum atomic E-state index is -0.278. The predicted molar refractivity (Wildman–Crippen MR) is 84.2 cm³/mol. The largest absolute Gasteiger partial charge is 0.346 e. The molecule has 0 bridgehead atoms. The van der Waals surface area contributed by atoms with Crippen LogP contribution in [0.2, 0.25) is 0 Å². The number of hydrogen-bond donors (Lipinski definition) is 2. The van der Waals surface area contributed by atoms with Crippen molar-refractivity contribution in [1.82, 2.24) is 40.2 Å². The minimum absolute atomic E-state index is 0.278. The summed E-state index contributed by atoms with van der Waals surface area (Å²) in [5.74, 6) is 0.340. The Balaban J connectivity index is 1.53. The lowest BCUT2D eigenvalue weighted by molar-refractivity contribution is 0.0946. The van der Waals surface area contributed by atoms with Crippen LogP contribution in [-0.2, 0) is 6.54 Å². The number of aromatic amines is 1. The second kappa shape index (κ2) is 5.88. The number of amides is 1. The molecular formula is C15H12N8O. The van der Waals surface area contributed by atoms with Gasteiger partial charge in [-0.3, -0.25) is 9.89 Å². The van der Waals surface area contributed by atoms with Crippen molar-refractivity contribution in [2.75, 3.05) is 0 Å². The first-order valence-electron chi connectivity index (χ1n) is 7.18. The summed E-state index contributed by atoms with van der Waals surface area (Å²) in [4.78, 5) is 24.8. The molecule has 0 atom stereocenters. The van der Waals surface area contributed by atoms with E-state index in [0.717, 1.165) is 10.9 Å².